The third-order valence-corrected chi connectivity index (χ3v) is 10.8. The van der Waals surface area contributed by atoms with Crippen LogP contribution in [0.15, 0.2) is 92.8 Å². The molecule has 20 nitrogen and oxygen atoms in total. The number of benzene rings is 4. The van der Waals surface area contributed by atoms with Crippen LogP contribution in [-0.2, 0) is 44.7 Å². The Balaban J connectivity index is 0.000000500. The molecule has 0 saturated heterocycles. The van der Waals surface area contributed by atoms with Crippen molar-refractivity contribution in [1.29, 1.82) is 0 Å². The second-order valence-corrected chi connectivity index (χ2v) is 16.1. The van der Waals surface area contributed by atoms with Gasteiger partial charge in [0.15, 0.2) is 23.8 Å². The second-order valence-electron chi connectivity index (χ2n) is 15.7. The maximum Gasteiger partial charge on any atom is 0.418 e. The van der Waals surface area contributed by atoms with Crippen LogP contribution in [-0.4, -0.2) is 76.2 Å². The van der Waals surface area contributed by atoms with E-state index in [1.807, 2.05) is 48.5 Å². The van der Waals surface area contributed by atoms with E-state index in [9.17, 15) is 32.3 Å². The number of nitrogens with one attached hydrogen (secondary N) is 8. The monoisotopic (exact) mass is 1070 g/mol. The van der Waals surface area contributed by atoms with E-state index in [4.69, 9.17) is 34.5 Å². The SMILES string of the molecule is CCCc1cccc(CC)c1NC(=O)NC(N)=NC.CCCc1cccc(Cl)c1NC(=O)NC(N)=NC.CCc1cccc(C(F)(F)F)c1NC(=O)NC(N)=NC.CCc1cccc(CC)c1NC(=O)NC(N)=NC. The number of aliphatic imine (C=N–C) groups is 4. The van der Waals surface area contributed by atoms with E-state index in [1.54, 1.807) is 13.0 Å². The highest BCUT2D eigenvalue weighted by molar-refractivity contribution is 6.34. The number of halogens is 4. The van der Waals surface area contributed by atoms with Gasteiger partial charge in [-0.3, -0.25) is 41.2 Å². The van der Waals surface area contributed by atoms with Crippen LogP contribution in [0.25, 0.3) is 0 Å². The molecule has 4 rings (SSSR count). The van der Waals surface area contributed by atoms with Crippen molar-refractivity contribution in [3.63, 3.8) is 0 Å². The molecule has 0 atom stereocenters. The fourth-order valence-corrected chi connectivity index (χ4v) is 6.96. The van der Waals surface area contributed by atoms with E-state index in [2.05, 4.69) is 97.1 Å². The van der Waals surface area contributed by atoms with Crippen molar-refractivity contribution in [2.24, 2.45) is 42.9 Å². The standard InChI is InChI=1S/C14H22N4O.C13H20N4O.C12H17ClN4O.C12H15F3N4O/c1-4-7-11-9-6-8-10(5-2)12(11)17-14(19)18-13(15)16-3;1-4-9-7-6-8-10(5-2)11(9)16-13(18)17-12(14)15-3;1-3-5-8-6-4-7-9(13)10(8)16-12(18)17-11(14)15-2;1-3-7-5-4-6-8(12(13,14)15)9(7)18-11(20)19-10(16)17-2/h6,8-9H,4-5,7H2,1-3H3,(H4,15,16,17,18,19);6-8H,4-5H2,1-3H3,(H4,14,15,16,17,18);4,6-7H,3,5H2,1-2H3,(H4,14,15,16,17,18);4-6H,3H2,1-2H3,(H4,16,17,18,19,20). The predicted octanol–water partition coefficient (Wildman–Crippen LogP) is 8.84. The molecular formula is C51H74ClF3N16O4. The molecule has 16 N–H and O–H groups in total. The van der Waals surface area contributed by atoms with Crippen molar-refractivity contribution < 1.29 is 32.3 Å². The van der Waals surface area contributed by atoms with E-state index in [0.717, 1.165) is 90.2 Å². The van der Waals surface area contributed by atoms with Gasteiger partial charge < -0.3 is 44.2 Å². The van der Waals surface area contributed by atoms with E-state index in [1.165, 1.54) is 40.3 Å². The number of carbonyl (C=O) groups is 4. The number of alkyl halides is 3. The average Bonchev–Trinajstić information content (AvgIpc) is 3.38. The van der Waals surface area contributed by atoms with Crippen LogP contribution >= 0.6 is 11.6 Å². The topological polar surface area (TPSA) is 318 Å². The summed E-state index contributed by atoms with van der Waals surface area (Å²) < 4.78 is 38.8. The lowest BCUT2D eigenvalue weighted by atomic mass is 10.0. The van der Waals surface area contributed by atoms with E-state index >= 15 is 0 Å². The first-order chi connectivity index (χ1) is 35.6. The van der Waals surface area contributed by atoms with Crippen LogP contribution in [0, 0.1) is 0 Å². The minimum absolute atomic E-state index is 0.0524. The molecule has 75 heavy (non-hydrogen) atoms. The van der Waals surface area contributed by atoms with Gasteiger partial charge >= 0.3 is 30.3 Å². The Labute approximate surface area is 442 Å². The molecule has 24 heteroatoms. The van der Waals surface area contributed by atoms with Crippen LogP contribution in [0.4, 0.5) is 55.1 Å². The molecule has 0 aromatic heterocycles. The first kappa shape index (κ1) is 64.9. The lowest BCUT2D eigenvalue weighted by Gasteiger charge is -2.17. The van der Waals surface area contributed by atoms with Crippen LogP contribution in [0.3, 0.4) is 0 Å². The van der Waals surface area contributed by atoms with Gasteiger partial charge in [-0.2, -0.15) is 13.2 Å². The van der Waals surface area contributed by atoms with Gasteiger partial charge in [0.05, 0.1) is 22.0 Å². The van der Waals surface area contributed by atoms with Crippen LogP contribution in [0.5, 0.6) is 0 Å². The van der Waals surface area contributed by atoms with Crippen LogP contribution in [0.2, 0.25) is 5.02 Å². The predicted molar refractivity (Wildman–Crippen MR) is 300 cm³/mol. The highest BCUT2D eigenvalue weighted by atomic mass is 35.5. The van der Waals surface area contributed by atoms with Gasteiger partial charge in [-0.05, 0) is 84.0 Å². The van der Waals surface area contributed by atoms with Gasteiger partial charge in [-0.15, -0.1) is 0 Å². The van der Waals surface area contributed by atoms with Crippen molar-refractivity contribution in [3.05, 3.63) is 117 Å². The number of hydrogen-bond acceptors (Lipinski definition) is 8. The Bertz CT molecular complexity index is 2600. The Kier molecular flexibility index (Phi) is 29.7. The molecule has 0 heterocycles. The zero-order valence-electron chi connectivity index (χ0n) is 44.3. The maximum absolute atomic E-state index is 12.9. The first-order valence-corrected chi connectivity index (χ1v) is 24.4. The molecule has 0 aliphatic carbocycles. The average molecular weight is 1070 g/mol. The summed E-state index contributed by atoms with van der Waals surface area (Å²) in [5.74, 6) is 0.0599. The summed E-state index contributed by atoms with van der Waals surface area (Å²) in [5, 5.41) is 20.5. The number of urea groups is 4. The van der Waals surface area contributed by atoms with Gasteiger partial charge in [-0.25, -0.2) is 19.2 Å². The Hall–Kier alpha value is -8.08. The summed E-state index contributed by atoms with van der Waals surface area (Å²) in [6.45, 7) is 12.0. The van der Waals surface area contributed by atoms with Crippen LogP contribution in [0.1, 0.15) is 93.3 Å². The largest absolute Gasteiger partial charge is 0.418 e. The number of amides is 8. The highest BCUT2D eigenvalue weighted by Gasteiger charge is 2.34. The molecule has 8 amide bonds. The number of guanidine groups is 4. The van der Waals surface area contributed by atoms with Crippen molar-refractivity contribution >= 4 is 82.3 Å². The van der Waals surface area contributed by atoms with Crippen molar-refractivity contribution in [2.45, 2.75) is 99.1 Å². The molecule has 0 radical (unpaired) electrons. The number of para-hydroxylation sites is 4. The smallest absolute Gasteiger partial charge is 0.370 e. The molecule has 0 aliphatic rings. The minimum atomic E-state index is -4.56. The third kappa shape index (κ3) is 23.1. The summed E-state index contributed by atoms with van der Waals surface area (Å²) in [5.41, 5.74) is 28.6. The van der Waals surface area contributed by atoms with Crippen molar-refractivity contribution in [2.75, 3.05) is 49.5 Å². The number of aryl methyl sites for hydroxylation is 6. The van der Waals surface area contributed by atoms with Gasteiger partial charge in [0.25, 0.3) is 0 Å². The molecule has 0 fully saturated rings. The molecular weight excluding hydrogens is 993 g/mol. The minimum Gasteiger partial charge on any atom is -0.370 e. The summed E-state index contributed by atoms with van der Waals surface area (Å²) in [7, 11) is 5.88. The molecule has 4 aromatic rings. The van der Waals surface area contributed by atoms with E-state index in [-0.39, 0.29) is 41.6 Å². The van der Waals surface area contributed by atoms with Gasteiger partial charge in [0, 0.05) is 39.6 Å². The number of nitrogens with zero attached hydrogens (tertiary/aromatic N) is 4. The van der Waals surface area contributed by atoms with Crippen molar-refractivity contribution in [1.82, 2.24) is 21.3 Å². The van der Waals surface area contributed by atoms with Gasteiger partial charge in [0.1, 0.15) is 0 Å². The molecule has 0 unspecified atom stereocenters. The van der Waals surface area contributed by atoms with E-state index in [0.29, 0.717) is 22.7 Å². The number of carbonyl (C=O) groups excluding carboxylic acids is 4. The number of anilines is 4. The molecule has 410 valence electrons. The lowest BCUT2D eigenvalue weighted by Crippen LogP contribution is -2.40. The molecule has 4 aromatic carbocycles. The zero-order chi connectivity index (χ0) is 56.7. The highest BCUT2D eigenvalue weighted by Crippen LogP contribution is 2.37. The summed E-state index contributed by atoms with van der Waals surface area (Å²) in [6, 6.07) is 19.3. The summed E-state index contributed by atoms with van der Waals surface area (Å²) in [4.78, 5) is 61.3. The van der Waals surface area contributed by atoms with Gasteiger partial charge in [-0.1, -0.05) is 127 Å². The summed E-state index contributed by atoms with van der Waals surface area (Å²) >= 11 is 6.08. The molecule has 0 spiro atoms. The normalized spacial score (nSPS) is 11.4. The number of rotatable bonds is 12. The number of nitrogens with two attached hydrogens (primary N) is 4. The molecule has 0 saturated carbocycles. The lowest BCUT2D eigenvalue weighted by molar-refractivity contribution is -0.137. The zero-order valence-corrected chi connectivity index (χ0v) is 45.1. The van der Waals surface area contributed by atoms with Crippen molar-refractivity contribution in [3.8, 4) is 0 Å². The molecule has 0 aliphatic heterocycles. The fraction of sp³-hybridized carbons (Fsp3) is 0.373. The quantitative estimate of drug-likeness (QED) is 0.0479. The fourth-order valence-electron chi connectivity index (χ4n) is 6.72. The first-order valence-electron chi connectivity index (χ1n) is 24.0. The maximum atomic E-state index is 12.9. The molecule has 0 bridgehead atoms. The second kappa shape index (κ2) is 34.4. The third-order valence-electron chi connectivity index (χ3n) is 10.5. The number of hydrogen-bond donors (Lipinski definition) is 12. The Morgan fingerprint density at radius 3 is 1.03 bits per heavy atom. The summed E-state index contributed by atoms with van der Waals surface area (Å²) in [6.07, 6.45) is 2.15. The van der Waals surface area contributed by atoms with Crippen LogP contribution < -0.4 is 65.5 Å². The Morgan fingerprint density at radius 1 is 0.440 bits per heavy atom. The Morgan fingerprint density at radius 2 is 0.707 bits per heavy atom. The van der Waals surface area contributed by atoms with E-state index < -0.39 is 23.8 Å². The van der Waals surface area contributed by atoms with Gasteiger partial charge in [0.2, 0.25) is 0 Å².